The summed E-state index contributed by atoms with van der Waals surface area (Å²) in [5.74, 6) is 1.94. The van der Waals surface area contributed by atoms with E-state index in [1.165, 1.54) is 0 Å². The van der Waals surface area contributed by atoms with Gasteiger partial charge in [-0.2, -0.15) is 0 Å². The first-order valence-electron chi connectivity index (χ1n) is 9.86. The second-order valence-corrected chi connectivity index (χ2v) is 7.95. The Bertz CT molecular complexity index is 1030. The maximum atomic E-state index is 12.9. The highest BCUT2D eigenvalue weighted by atomic mass is 16.5. The topological polar surface area (TPSA) is 82.2 Å². The molecular formula is C23H26N4O2. The van der Waals surface area contributed by atoms with Crippen LogP contribution in [0.1, 0.15) is 36.7 Å². The molecule has 0 bridgehead atoms. The quantitative estimate of drug-likeness (QED) is 0.700. The number of imidazole rings is 1. The van der Waals surface area contributed by atoms with Crippen LogP contribution < -0.4 is 15.8 Å². The van der Waals surface area contributed by atoms with Crippen molar-refractivity contribution in [3.63, 3.8) is 0 Å². The molecule has 6 heteroatoms. The number of rotatable bonds is 5. The third-order valence-electron chi connectivity index (χ3n) is 5.22. The number of anilines is 1. The van der Waals surface area contributed by atoms with Gasteiger partial charge >= 0.3 is 0 Å². The predicted molar refractivity (Wildman–Crippen MR) is 113 cm³/mol. The van der Waals surface area contributed by atoms with Gasteiger partial charge in [0, 0.05) is 37.0 Å². The van der Waals surface area contributed by atoms with Gasteiger partial charge in [0.1, 0.15) is 23.7 Å². The van der Waals surface area contributed by atoms with Crippen LogP contribution in [0.4, 0.5) is 5.69 Å². The van der Waals surface area contributed by atoms with E-state index in [0.717, 1.165) is 28.4 Å². The number of benzene rings is 2. The molecule has 4 rings (SSSR count). The average Bonchev–Trinajstić information content (AvgIpc) is 3.16. The Hall–Kier alpha value is -3.12. The molecule has 1 amide bonds. The van der Waals surface area contributed by atoms with Crippen LogP contribution in [0.15, 0.2) is 60.9 Å². The van der Waals surface area contributed by atoms with Gasteiger partial charge in [-0.05, 0) is 29.3 Å². The van der Waals surface area contributed by atoms with Crippen LogP contribution in [-0.4, -0.2) is 27.6 Å². The number of hydrogen-bond donors (Lipinski definition) is 2. The maximum absolute atomic E-state index is 12.9. The summed E-state index contributed by atoms with van der Waals surface area (Å²) in [6.45, 7) is 5.10. The Morgan fingerprint density at radius 3 is 2.93 bits per heavy atom. The van der Waals surface area contributed by atoms with Gasteiger partial charge in [-0.25, -0.2) is 4.98 Å². The van der Waals surface area contributed by atoms with Crippen LogP contribution in [-0.2, 0) is 17.8 Å². The molecule has 0 aliphatic carbocycles. The van der Waals surface area contributed by atoms with E-state index in [1.807, 2.05) is 60.9 Å². The molecule has 29 heavy (non-hydrogen) atoms. The number of para-hydroxylation sites is 1. The van der Waals surface area contributed by atoms with E-state index in [2.05, 4.69) is 28.7 Å². The molecule has 3 aromatic rings. The summed E-state index contributed by atoms with van der Waals surface area (Å²) in [4.78, 5) is 17.4. The number of aromatic nitrogens is 2. The smallest absolute Gasteiger partial charge is 0.248 e. The molecule has 0 fully saturated rings. The zero-order valence-corrected chi connectivity index (χ0v) is 16.8. The lowest BCUT2D eigenvalue weighted by Crippen LogP contribution is -2.58. The minimum Gasteiger partial charge on any atom is -0.491 e. The number of nitrogens with two attached hydrogens (primary N) is 1. The zero-order valence-electron chi connectivity index (χ0n) is 16.8. The summed E-state index contributed by atoms with van der Waals surface area (Å²) >= 11 is 0. The van der Waals surface area contributed by atoms with Crippen LogP contribution in [0.5, 0.6) is 5.75 Å². The normalized spacial score (nSPS) is 18.2. The van der Waals surface area contributed by atoms with E-state index in [-0.39, 0.29) is 12.5 Å². The van der Waals surface area contributed by atoms with Gasteiger partial charge in [0.15, 0.2) is 0 Å². The van der Waals surface area contributed by atoms with Crippen molar-refractivity contribution in [1.29, 1.82) is 0 Å². The SMILES string of the molecule is CC(C)c1nccn1Cc1cccc(NC(=O)C2(N)COc3ccccc3C2)c1. The standard InChI is InChI=1S/C23H26N4O2/c1-16(2)21-25-10-11-27(21)14-17-6-5-8-19(12-17)26-22(28)23(24)13-18-7-3-4-9-20(18)29-15-23/h3-12,16H,13-15,24H2,1-2H3,(H,26,28). The molecule has 0 radical (unpaired) electrons. The van der Waals surface area contributed by atoms with E-state index in [4.69, 9.17) is 10.5 Å². The van der Waals surface area contributed by atoms with Crippen LogP contribution in [0.25, 0.3) is 0 Å². The van der Waals surface area contributed by atoms with Crippen molar-refractivity contribution in [2.75, 3.05) is 11.9 Å². The van der Waals surface area contributed by atoms with Crippen molar-refractivity contribution in [1.82, 2.24) is 9.55 Å². The van der Waals surface area contributed by atoms with E-state index in [1.54, 1.807) is 0 Å². The van der Waals surface area contributed by atoms with Gasteiger partial charge in [0.25, 0.3) is 0 Å². The third-order valence-corrected chi connectivity index (χ3v) is 5.22. The van der Waals surface area contributed by atoms with Crippen molar-refractivity contribution in [2.24, 2.45) is 5.73 Å². The maximum Gasteiger partial charge on any atom is 0.248 e. The first kappa shape index (κ1) is 19.2. The molecule has 1 aromatic heterocycles. The van der Waals surface area contributed by atoms with Crippen molar-refractivity contribution < 1.29 is 9.53 Å². The summed E-state index contributed by atoms with van der Waals surface area (Å²) in [5, 5.41) is 2.97. The Kier molecular flexibility index (Phi) is 5.11. The minimum atomic E-state index is -1.10. The molecule has 2 aromatic carbocycles. The van der Waals surface area contributed by atoms with Crippen LogP contribution in [0.3, 0.4) is 0 Å². The second-order valence-electron chi connectivity index (χ2n) is 7.95. The first-order chi connectivity index (χ1) is 13.9. The van der Waals surface area contributed by atoms with Crippen molar-refractivity contribution in [3.8, 4) is 5.75 Å². The molecule has 1 aliphatic heterocycles. The lowest BCUT2D eigenvalue weighted by molar-refractivity contribution is -0.122. The fraction of sp³-hybridized carbons (Fsp3) is 0.304. The first-order valence-corrected chi connectivity index (χ1v) is 9.86. The largest absolute Gasteiger partial charge is 0.491 e. The lowest BCUT2D eigenvalue weighted by atomic mass is 9.89. The molecule has 2 heterocycles. The van der Waals surface area contributed by atoms with E-state index >= 15 is 0 Å². The van der Waals surface area contributed by atoms with Gasteiger partial charge in [0.2, 0.25) is 5.91 Å². The average molecular weight is 390 g/mol. The zero-order chi connectivity index (χ0) is 20.4. The van der Waals surface area contributed by atoms with Gasteiger partial charge in [-0.3, -0.25) is 4.79 Å². The summed E-state index contributed by atoms with van der Waals surface area (Å²) in [6.07, 6.45) is 4.24. The molecule has 6 nitrogen and oxygen atoms in total. The number of carbonyl (C=O) groups excluding carboxylic acids is 1. The Morgan fingerprint density at radius 1 is 1.28 bits per heavy atom. The number of carbonyl (C=O) groups is 1. The van der Waals surface area contributed by atoms with Crippen molar-refractivity contribution >= 4 is 11.6 Å². The number of fused-ring (bicyclic) bond motifs is 1. The summed E-state index contributed by atoms with van der Waals surface area (Å²) in [5.41, 5.74) is 8.08. The van der Waals surface area contributed by atoms with Gasteiger partial charge in [-0.1, -0.05) is 44.2 Å². The molecular weight excluding hydrogens is 364 g/mol. The Labute approximate surface area is 170 Å². The molecule has 0 spiro atoms. The van der Waals surface area contributed by atoms with Crippen LogP contribution in [0, 0.1) is 0 Å². The number of ether oxygens (including phenoxy) is 1. The molecule has 1 aliphatic rings. The third kappa shape index (κ3) is 4.03. The van der Waals surface area contributed by atoms with Crippen molar-refractivity contribution in [2.45, 2.75) is 38.3 Å². The minimum absolute atomic E-state index is 0.155. The van der Waals surface area contributed by atoms with Gasteiger partial charge in [0.05, 0.1) is 0 Å². The lowest BCUT2D eigenvalue weighted by Gasteiger charge is -2.33. The summed E-state index contributed by atoms with van der Waals surface area (Å²) in [6, 6.07) is 15.5. The van der Waals surface area contributed by atoms with Crippen LogP contribution in [0.2, 0.25) is 0 Å². The molecule has 0 saturated carbocycles. The van der Waals surface area contributed by atoms with Crippen LogP contribution >= 0.6 is 0 Å². The highest BCUT2D eigenvalue weighted by molar-refractivity contribution is 5.98. The molecule has 0 saturated heterocycles. The second kappa shape index (κ2) is 7.72. The molecule has 3 N–H and O–H groups in total. The fourth-order valence-electron chi connectivity index (χ4n) is 3.69. The number of hydrogen-bond acceptors (Lipinski definition) is 4. The number of nitrogens with one attached hydrogen (secondary N) is 1. The Balaban J connectivity index is 1.48. The Morgan fingerprint density at radius 2 is 2.10 bits per heavy atom. The number of nitrogens with zero attached hydrogens (tertiary/aromatic N) is 2. The van der Waals surface area contributed by atoms with E-state index in [9.17, 15) is 4.79 Å². The number of amides is 1. The summed E-state index contributed by atoms with van der Waals surface area (Å²) in [7, 11) is 0. The fourth-order valence-corrected chi connectivity index (χ4v) is 3.69. The molecule has 150 valence electrons. The van der Waals surface area contributed by atoms with Gasteiger partial charge < -0.3 is 20.4 Å². The summed E-state index contributed by atoms with van der Waals surface area (Å²) < 4.78 is 7.86. The predicted octanol–water partition coefficient (Wildman–Crippen LogP) is 3.33. The van der Waals surface area contributed by atoms with E-state index < -0.39 is 5.54 Å². The highest BCUT2D eigenvalue weighted by Crippen LogP contribution is 2.29. The highest BCUT2D eigenvalue weighted by Gasteiger charge is 2.39. The van der Waals surface area contributed by atoms with Gasteiger partial charge in [-0.15, -0.1) is 0 Å². The van der Waals surface area contributed by atoms with Crippen molar-refractivity contribution in [3.05, 3.63) is 77.9 Å². The van der Waals surface area contributed by atoms with E-state index in [0.29, 0.717) is 18.9 Å². The molecule has 1 atom stereocenters. The monoisotopic (exact) mass is 390 g/mol. The molecule has 1 unspecified atom stereocenters.